The Labute approximate surface area is 128 Å². The van der Waals surface area contributed by atoms with Gasteiger partial charge in [-0.1, -0.05) is 37.3 Å². The van der Waals surface area contributed by atoms with Gasteiger partial charge in [0.25, 0.3) is 5.91 Å². The number of aromatic nitrogens is 2. The van der Waals surface area contributed by atoms with Crippen molar-refractivity contribution in [3.05, 3.63) is 53.9 Å². The minimum Gasteiger partial charge on any atom is -0.480 e. The van der Waals surface area contributed by atoms with Crippen LogP contribution in [0.1, 0.15) is 48.4 Å². The number of carbonyl (C=O) groups excluding carboxylic acids is 1. The molecule has 0 aliphatic heterocycles. The first-order valence-electron chi connectivity index (χ1n) is 7.16. The third-order valence-electron chi connectivity index (χ3n) is 3.54. The van der Waals surface area contributed by atoms with E-state index in [0.29, 0.717) is 0 Å². The van der Waals surface area contributed by atoms with E-state index in [1.165, 1.54) is 23.9 Å². The van der Waals surface area contributed by atoms with Gasteiger partial charge in [-0.2, -0.15) is 5.10 Å². The van der Waals surface area contributed by atoms with E-state index in [9.17, 15) is 9.59 Å². The molecule has 1 amide bonds. The van der Waals surface area contributed by atoms with E-state index in [1.807, 2.05) is 37.3 Å². The predicted octanol–water partition coefficient (Wildman–Crippen LogP) is 2.41. The molecule has 1 aromatic carbocycles. The van der Waals surface area contributed by atoms with Crippen LogP contribution in [0.3, 0.4) is 0 Å². The minimum atomic E-state index is -1.03. The summed E-state index contributed by atoms with van der Waals surface area (Å²) in [6, 6.07) is 10.2. The van der Waals surface area contributed by atoms with E-state index in [0.717, 1.165) is 12.0 Å². The van der Waals surface area contributed by atoms with Crippen LogP contribution in [0.5, 0.6) is 0 Å². The average molecular weight is 301 g/mol. The Hall–Kier alpha value is -2.63. The van der Waals surface area contributed by atoms with Crippen LogP contribution in [0.25, 0.3) is 0 Å². The number of hydrogen-bond acceptors (Lipinski definition) is 3. The van der Waals surface area contributed by atoms with Crippen LogP contribution in [0, 0.1) is 0 Å². The standard InChI is InChI=1S/C16H19N3O3/c1-3-13(12-7-5-4-6-8-12)18-15(20)14-9-10-17-19(14)11(2)16(21)22/h4-11,13H,3H2,1-2H3,(H,18,20)(H,21,22). The van der Waals surface area contributed by atoms with Gasteiger partial charge >= 0.3 is 5.97 Å². The maximum Gasteiger partial charge on any atom is 0.328 e. The van der Waals surface area contributed by atoms with Crippen LogP contribution in [0.4, 0.5) is 0 Å². The van der Waals surface area contributed by atoms with E-state index in [4.69, 9.17) is 5.11 Å². The smallest absolute Gasteiger partial charge is 0.328 e. The van der Waals surface area contributed by atoms with Crippen LogP contribution >= 0.6 is 0 Å². The molecule has 2 N–H and O–H groups in total. The van der Waals surface area contributed by atoms with Gasteiger partial charge in [0, 0.05) is 6.20 Å². The number of carbonyl (C=O) groups is 2. The number of amides is 1. The zero-order valence-corrected chi connectivity index (χ0v) is 12.6. The zero-order chi connectivity index (χ0) is 16.1. The zero-order valence-electron chi connectivity index (χ0n) is 12.6. The first kappa shape index (κ1) is 15.8. The van der Waals surface area contributed by atoms with Gasteiger partial charge in [0.05, 0.1) is 6.04 Å². The minimum absolute atomic E-state index is 0.128. The van der Waals surface area contributed by atoms with E-state index in [-0.39, 0.29) is 17.6 Å². The van der Waals surface area contributed by atoms with Crippen molar-refractivity contribution >= 4 is 11.9 Å². The Kier molecular flexibility index (Phi) is 4.93. The second kappa shape index (κ2) is 6.89. The van der Waals surface area contributed by atoms with E-state index >= 15 is 0 Å². The van der Waals surface area contributed by atoms with E-state index < -0.39 is 12.0 Å². The highest BCUT2D eigenvalue weighted by Crippen LogP contribution is 2.17. The topological polar surface area (TPSA) is 84.2 Å². The van der Waals surface area contributed by atoms with Crippen molar-refractivity contribution in [3.8, 4) is 0 Å². The molecule has 2 unspecified atom stereocenters. The Morgan fingerprint density at radius 3 is 2.55 bits per heavy atom. The van der Waals surface area contributed by atoms with Gasteiger partial charge in [-0.15, -0.1) is 0 Å². The van der Waals surface area contributed by atoms with Gasteiger partial charge in [0.15, 0.2) is 0 Å². The molecule has 0 radical (unpaired) electrons. The molecule has 1 heterocycles. The number of nitrogens with zero attached hydrogens (tertiary/aromatic N) is 2. The molecule has 2 atom stereocenters. The summed E-state index contributed by atoms with van der Waals surface area (Å²) in [6.07, 6.45) is 2.16. The maximum atomic E-state index is 12.4. The molecule has 6 heteroatoms. The second-order valence-corrected chi connectivity index (χ2v) is 5.02. The van der Waals surface area contributed by atoms with E-state index in [2.05, 4.69) is 10.4 Å². The Morgan fingerprint density at radius 2 is 1.95 bits per heavy atom. The molecule has 0 saturated heterocycles. The fraction of sp³-hybridized carbons (Fsp3) is 0.312. The van der Waals surface area contributed by atoms with Crippen molar-refractivity contribution in [1.82, 2.24) is 15.1 Å². The summed E-state index contributed by atoms with van der Waals surface area (Å²) in [7, 11) is 0. The summed E-state index contributed by atoms with van der Waals surface area (Å²) in [4.78, 5) is 23.5. The maximum absolute atomic E-state index is 12.4. The highest BCUT2D eigenvalue weighted by Gasteiger charge is 2.22. The van der Waals surface area contributed by atoms with Gasteiger partial charge in [-0.25, -0.2) is 9.48 Å². The number of rotatable bonds is 6. The first-order valence-corrected chi connectivity index (χ1v) is 7.16. The van der Waals surface area contributed by atoms with Crippen LogP contribution in [-0.2, 0) is 4.79 Å². The van der Waals surface area contributed by atoms with E-state index in [1.54, 1.807) is 0 Å². The predicted molar refractivity (Wildman–Crippen MR) is 81.5 cm³/mol. The summed E-state index contributed by atoms with van der Waals surface area (Å²) < 4.78 is 1.22. The highest BCUT2D eigenvalue weighted by atomic mass is 16.4. The third-order valence-corrected chi connectivity index (χ3v) is 3.54. The van der Waals surface area contributed by atoms with Crippen molar-refractivity contribution in [1.29, 1.82) is 0 Å². The summed E-state index contributed by atoms with van der Waals surface area (Å²) in [5.74, 6) is -1.37. The highest BCUT2D eigenvalue weighted by molar-refractivity contribution is 5.93. The summed E-state index contributed by atoms with van der Waals surface area (Å²) >= 11 is 0. The Morgan fingerprint density at radius 1 is 1.27 bits per heavy atom. The summed E-state index contributed by atoms with van der Waals surface area (Å²) in [5.41, 5.74) is 1.25. The lowest BCUT2D eigenvalue weighted by molar-refractivity contribution is -0.140. The lowest BCUT2D eigenvalue weighted by Crippen LogP contribution is -2.31. The fourth-order valence-electron chi connectivity index (χ4n) is 2.25. The average Bonchev–Trinajstić information content (AvgIpc) is 3.01. The molecular formula is C16H19N3O3. The van der Waals surface area contributed by atoms with Crippen molar-refractivity contribution in [2.24, 2.45) is 0 Å². The molecule has 2 aromatic rings. The molecule has 6 nitrogen and oxygen atoms in total. The lowest BCUT2D eigenvalue weighted by atomic mass is 10.0. The molecule has 1 aromatic heterocycles. The van der Waals surface area contributed by atoms with Gasteiger partial charge < -0.3 is 10.4 Å². The molecule has 0 saturated carbocycles. The summed E-state index contributed by atoms with van der Waals surface area (Å²) in [6.45, 7) is 3.47. The number of nitrogens with one attached hydrogen (secondary N) is 1. The van der Waals surface area contributed by atoms with Gasteiger partial charge in [0.2, 0.25) is 0 Å². The second-order valence-electron chi connectivity index (χ2n) is 5.02. The van der Waals surface area contributed by atoms with Crippen molar-refractivity contribution in [2.45, 2.75) is 32.4 Å². The normalized spacial score (nSPS) is 13.4. The fourth-order valence-corrected chi connectivity index (χ4v) is 2.25. The monoisotopic (exact) mass is 301 g/mol. The number of benzene rings is 1. The Balaban J connectivity index is 2.19. The molecule has 0 bridgehead atoms. The lowest BCUT2D eigenvalue weighted by Gasteiger charge is -2.18. The van der Waals surface area contributed by atoms with Crippen molar-refractivity contribution < 1.29 is 14.7 Å². The van der Waals surface area contributed by atoms with Crippen LogP contribution < -0.4 is 5.32 Å². The third kappa shape index (κ3) is 3.33. The van der Waals surface area contributed by atoms with Crippen molar-refractivity contribution in [3.63, 3.8) is 0 Å². The Bertz CT molecular complexity index is 652. The van der Waals surface area contributed by atoms with Crippen LogP contribution in [-0.4, -0.2) is 26.8 Å². The number of aliphatic carboxylic acids is 1. The van der Waals surface area contributed by atoms with Crippen molar-refractivity contribution in [2.75, 3.05) is 0 Å². The van der Waals surface area contributed by atoms with Crippen LogP contribution in [0.2, 0.25) is 0 Å². The molecule has 2 rings (SSSR count). The number of hydrogen-bond donors (Lipinski definition) is 2. The van der Waals surface area contributed by atoms with Gasteiger partial charge in [-0.3, -0.25) is 4.79 Å². The molecule has 116 valence electrons. The molecular weight excluding hydrogens is 282 g/mol. The van der Waals surface area contributed by atoms with Crippen LogP contribution in [0.15, 0.2) is 42.6 Å². The number of carboxylic acid groups (broad SMARTS) is 1. The largest absolute Gasteiger partial charge is 0.480 e. The van der Waals surface area contributed by atoms with Gasteiger partial charge in [-0.05, 0) is 25.0 Å². The SMILES string of the molecule is CCC(NC(=O)c1ccnn1C(C)C(=O)O)c1ccccc1. The quantitative estimate of drug-likeness (QED) is 0.858. The molecule has 22 heavy (non-hydrogen) atoms. The molecule has 0 aliphatic carbocycles. The van der Waals surface area contributed by atoms with Gasteiger partial charge in [0.1, 0.15) is 11.7 Å². The molecule has 0 aliphatic rings. The molecule has 0 fully saturated rings. The first-order chi connectivity index (χ1) is 10.5. The number of carboxylic acids is 1. The summed E-state index contributed by atoms with van der Waals surface area (Å²) in [5, 5.41) is 15.9. The molecule has 0 spiro atoms.